The van der Waals surface area contributed by atoms with Crippen LogP contribution in [0.4, 0.5) is 0 Å². The van der Waals surface area contributed by atoms with Gasteiger partial charge in [-0.2, -0.15) is 0 Å². The topological polar surface area (TPSA) is 488 Å². The van der Waals surface area contributed by atoms with Crippen molar-refractivity contribution in [1.82, 2.24) is 57.2 Å². The molecule has 370 valence electrons. The molecular weight excluding hydrogens is 893 g/mol. The molecule has 0 fully saturated rings. The lowest BCUT2D eigenvalue weighted by atomic mass is 10.0. The van der Waals surface area contributed by atoms with Crippen LogP contribution in [0.5, 0.6) is 0 Å². The number of aromatic nitrogens is 4. The standard InChI is InChI=1S/C38H58N14O15/c1-17(31(59)49-24(9-19-13-42-15-44-19)35(63)48-23(38(66)67)6-7-27(41)54)46-37(65)30(18(2)53)52-33(61)22(5-3-4-8-39)47-34(62)25(10-20-14-43-16-45-20)51-36(64)26(12-29(57)58)50-32(60)21(40)11-28(55)56/h13-18,21-26,30,53H,3-12,39-40H2,1-2H3,(H2,41,54)(H,42,44)(H,43,45)(H,46,65)(H,47,62)(H,48,63)(H,49,59)(H,50,60)(H,51,64)(H,52,61)(H,55,56)(H,57,58)(H,66,67)/t17-,18+,21-,22-,23-,24-,25+,26+,30-/m0/s1. The van der Waals surface area contributed by atoms with Gasteiger partial charge in [-0.1, -0.05) is 0 Å². The summed E-state index contributed by atoms with van der Waals surface area (Å²) in [5.41, 5.74) is 16.9. The molecular formula is C38H58N14O15. The van der Waals surface area contributed by atoms with Gasteiger partial charge in [-0.25, -0.2) is 14.8 Å². The second kappa shape index (κ2) is 27.7. The number of carbonyl (C=O) groups is 11. The van der Waals surface area contributed by atoms with Gasteiger partial charge >= 0.3 is 17.9 Å². The van der Waals surface area contributed by atoms with Gasteiger partial charge in [-0.05, 0) is 46.1 Å². The van der Waals surface area contributed by atoms with Crippen LogP contribution in [-0.2, 0) is 65.6 Å². The lowest BCUT2D eigenvalue weighted by Crippen LogP contribution is -2.61. The Labute approximate surface area is 381 Å². The van der Waals surface area contributed by atoms with E-state index < -0.39 is 132 Å². The van der Waals surface area contributed by atoms with Crippen molar-refractivity contribution in [3.63, 3.8) is 0 Å². The molecule has 19 N–H and O–H groups in total. The van der Waals surface area contributed by atoms with Crippen molar-refractivity contribution in [2.45, 2.75) is 126 Å². The molecule has 0 unspecified atom stereocenters. The molecule has 29 heteroatoms. The maximum atomic E-state index is 13.9. The van der Waals surface area contributed by atoms with E-state index in [1.54, 1.807) is 0 Å². The molecule has 9 atom stereocenters. The quantitative estimate of drug-likeness (QED) is 0.0312. The molecule has 2 rings (SSSR count). The number of nitrogens with zero attached hydrogens (tertiary/aromatic N) is 2. The number of amides is 8. The number of aromatic amines is 2. The third-order valence-corrected chi connectivity index (χ3v) is 9.66. The molecule has 2 aromatic heterocycles. The van der Waals surface area contributed by atoms with E-state index in [9.17, 15) is 68.1 Å². The number of primary amides is 1. The normalized spacial score (nSPS) is 15.0. The second-order valence-electron chi connectivity index (χ2n) is 15.3. The van der Waals surface area contributed by atoms with Gasteiger partial charge in [0.2, 0.25) is 47.3 Å². The minimum Gasteiger partial charge on any atom is -0.481 e. The van der Waals surface area contributed by atoms with Crippen LogP contribution in [0.2, 0.25) is 0 Å². The van der Waals surface area contributed by atoms with Crippen LogP contribution in [-0.4, -0.2) is 167 Å². The highest BCUT2D eigenvalue weighted by molar-refractivity contribution is 5.98. The summed E-state index contributed by atoms with van der Waals surface area (Å²) in [6.07, 6.45) is 0.822. The van der Waals surface area contributed by atoms with Crippen LogP contribution in [0.1, 0.15) is 70.2 Å². The maximum Gasteiger partial charge on any atom is 0.326 e. The number of hydrogen-bond acceptors (Lipinski definition) is 16. The maximum absolute atomic E-state index is 13.9. The highest BCUT2D eigenvalue weighted by atomic mass is 16.4. The van der Waals surface area contributed by atoms with Crippen LogP contribution in [0, 0.1) is 0 Å². The van der Waals surface area contributed by atoms with Crippen molar-refractivity contribution in [3.8, 4) is 0 Å². The summed E-state index contributed by atoms with van der Waals surface area (Å²) in [7, 11) is 0. The number of carbonyl (C=O) groups excluding carboxylic acids is 8. The number of carboxylic acids is 3. The monoisotopic (exact) mass is 950 g/mol. The Kier molecular flexibility index (Phi) is 23.0. The number of hydrogen-bond donors (Lipinski definition) is 16. The van der Waals surface area contributed by atoms with Crippen molar-refractivity contribution in [3.05, 3.63) is 36.4 Å². The fraction of sp³-hybridized carbons (Fsp3) is 0.553. The van der Waals surface area contributed by atoms with E-state index in [0.717, 1.165) is 6.92 Å². The molecule has 0 radical (unpaired) electrons. The number of unbranched alkanes of at least 4 members (excludes halogenated alkanes) is 1. The van der Waals surface area contributed by atoms with E-state index in [1.165, 1.54) is 32.0 Å². The number of aliphatic hydroxyl groups excluding tert-OH is 1. The Morgan fingerprint density at radius 1 is 0.597 bits per heavy atom. The molecule has 29 nitrogen and oxygen atoms in total. The van der Waals surface area contributed by atoms with E-state index in [2.05, 4.69) is 57.2 Å². The number of H-pyrrole nitrogens is 2. The summed E-state index contributed by atoms with van der Waals surface area (Å²) in [6.45, 7) is 2.51. The summed E-state index contributed by atoms with van der Waals surface area (Å²) >= 11 is 0. The van der Waals surface area contributed by atoms with E-state index in [-0.39, 0.29) is 50.8 Å². The molecule has 0 saturated carbocycles. The molecule has 0 saturated heterocycles. The Morgan fingerprint density at radius 2 is 1.07 bits per heavy atom. The molecule has 0 aliphatic rings. The van der Waals surface area contributed by atoms with Crippen LogP contribution >= 0.6 is 0 Å². The second-order valence-corrected chi connectivity index (χ2v) is 15.3. The number of carboxylic acid groups (broad SMARTS) is 3. The smallest absolute Gasteiger partial charge is 0.326 e. The summed E-state index contributed by atoms with van der Waals surface area (Å²) < 4.78 is 0. The molecule has 0 aliphatic heterocycles. The van der Waals surface area contributed by atoms with Gasteiger partial charge in [-0.3, -0.25) is 47.9 Å². The number of rotatable bonds is 31. The summed E-state index contributed by atoms with van der Waals surface area (Å²) in [4.78, 5) is 153. The van der Waals surface area contributed by atoms with Gasteiger partial charge in [0.05, 0.1) is 37.6 Å². The van der Waals surface area contributed by atoms with Crippen LogP contribution < -0.4 is 54.4 Å². The SMILES string of the molecule is C[C@H](NC(=O)[C@@H](NC(=O)[C@H](CCCCN)NC(=O)[C@@H](Cc1cnc[nH]1)NC(=O)[C@@H](CC(=O)O)NC(=O)[C@@H](N)CC(=O)O)[C@@H](C)O)C(=O)N[C@@H](Cc1cnc[nH]1)C(=O)N[C@@H](CCC(N)=O)C(=O)O. The highest BCUT2D eigenvalue weighted by Crippen LogP contribution is 2.09. The molecule has 8 amide bonds. The lowest BCUT2D eigenvalue weighted by Gasteiger charge is -2.28. The Balaban J connectivity index is 2.30. The first-order valence-corrected chi connectivity index (χ1v) is 20.7. The van der Waals surface area contributed by atoms with Crippen molar-refractivity contribution in [2.75, 3.05) is 6.54 Å². The minimum absolute atomic E-state index is 0.114. The molecule has 0 aliphatic carbocycles. The molecule has 67 heavy (non-hydrogen) atoms. The third kappa shape index (κ3) is 20.0. The number of aliphatic carboxylic acids is 3. The van der Waals surface area contributed by atoms with Crippen molar-refractivity contribution >= 4 is 65.2 Å². The number of aliphatic hydroxyl groups is 1. The van der Waals surface area contributed by atoms with Gasteiger partial charge in [0.15, 0.2) is 0 Å². The molecule has 0 spiro atoms. The third-order valence-electron chi connectivity index (χ3n) is 9.66. The van der Waals surface area contributed by atoms with Gasteiger partial charge in [0.1, 0.15) is 42.3 Å². The summed E-state index contributed by atoms with van der Waals surface area (Å²) in [6, 6.07) is -12.9. The fourth-order valence-corrected chi connectivity index (χ4v) is 6.04. The van der Waals surface area contributed by atoms with E-state index >= 15 is 0 Å². The van der Waals surface area contributed by atoms with Crippen molar-refractivity contribution < 1.29 is 73.2 Å². The number of imidazole rings is 2. The Hall–Kier alpha value is -7.53. The van der Waals surface area contributed by atoms with E-state index in [1.807, 2.05) is 0 Å². The Bertz CT molecular complexity index is 2030. The van der Waals surface area contributed by atoms with Gasteiger partial charge in [0.25, 0.3) is 0 Å². The molecule has 0 bridgehead atoms. The van der Waals surface area contributed by atoms with Crippen molar-refractivity contribution in [1.29, 1.82) is 0 Å². The molecule has 2 aromatic rings. The summed E-state index contributed by atoms with van der Waals surface area (Å²) in [5.74, 6) is -12.8. The fourth-order valence-electron chi connectivity index (χ4n) is 6.04. The number of nitrogens with one attached hydrogen (secondary N) is 9. The average Bonchev–Trinajstić information content (AvgIpc) is 3.97. The van der Waals surface area contributed by atoms with E-state index in [0.29, 0.717) is 12.1 Å². The first-order valence-electron chi connectivity index (χ1n) is 20.7. The largest absolute Gasteiger partial charge is 0.481 e. The summed E-state index contributed by atoms with van der Waals surface area (Å²) in [5, 5.41) is 54.8. The zero-order valence-electron chi connectivity index (χ0n) is 36.5. The molecule has 0 aromatic carbocycles. The lowest BCUT2D eigenvalue weighted by molar-refractivity contribution is -0.143. The van der Waals surface area contributed by atoms with Gasteiger partial charge < -0.3 is 84.8 Å². The first-order chi connectivity index (χ1) is 31.5. The van der Waals surface area contributed by atoms with Crippen molar-refractivity contribution in [2.24, 2.45) is 17.2 Å². The number of nitrogens with two attached hydrogens (primary N) is 3. The predicted molar refractivity (Wildman–Crippen MR) is 227 cm³/mol. The van der Waals surface area contributed by atoms with Gasteiger partial charge in [-0.15, -0.1) is 0 Å². The van der Waals surface area contributed by atoms with Gasteiger partial charge in [0, 0.05) is 43.0 Å². The van der Waals surface area contributed by atoms with E-state index in [4.69, 9.17) is 22.3 Å². The minimum atomic E-state index is -1.86. The zero-order valence-corrected chi connectivity index (χ0v) is 36.5. The predicted octanol–water partition coefficient (Wildman–Crippen LogP) is -6.53. The van der Waals surface area contributed by atoms with Crippen LogP contribution in [0.15, 0.2) is 25.0 Å². The zero-order chi connectivity index (χ0) is 50.4. The highest BCUT2D eigenvalue weighted by Gasteiger charge is 2.36. The molecule has 2 heterocycles. The average molecular weight is 951 g/mol. The Morgan fingerprint density at radius 3 is 1.54 bits per heavy atom. The van der Waals surface area contributed by atoms with Crippen LogP contribution in [0.3, 0.4) is 0 Å². The first kappa shape index (κ1) is 55.6. The van der Waals surface area contributed by atoms with Crippen LogP contribution in [0.25, 0.3) is 0 Å².